The average Bonchev–Trinajstić information content (AvgIpc) is 2.65. The van der Waals surface area contributed by atoms with Gasteiger partial charge in [0.2, 0.25) is 10.0 Å². The van der Waals surface area contributed by atoms with Gasteiger partial charge in [-0.25, -0.2) is 13.4 Å². The summed E-state index contributed by atoms with van der Waals surface area (Å²) in [7, 11) is -3.45. The SMILES string of the molecule is CCCNC(=NCc1ccccc1S(=O)(=O)N1CCCCC1)NCC.I. The van der Waals surface area contributed by atoms with E-state index in [0.29, 0.717) is 24.5 Å². The molecule has 148 valence electrons. The third kappa shape index (κ3) is 6.38. The first-order chi connectivity index (χ1) is 12.1. The standard InChI is InChI=1S/C18H30N4O2S.HI/c1-3-12-20-18(19-4-2)21-15-16-10-6-7-11-17(16)25(23,24)22-13-8-5-9-14-22;/h6-7,10-11H,3-5,8-9,12-15H2,1-2H3,(H2,19,20,21);1H. The van der Waals surface area contributed by atoms with Gasteiger partial charge < -0.3 is 10.6 Å². The van der Waals surface area contributed by atoms with E-state index in [9.17, 15) is 8.42 Å². The summed E-state index contributed by atoms with van der Waals surface area (Å²) in [6, 6.07) is 7.20. The third-order valence-electron chi connectivity index (χ3n) is 4.20. The van der Waals surface area contributed by atoms with Gasteiger partial charge in [-0.15, -0.1) is 24.0 Å². The van der Waals surface area contributed by atoms with Crippen LogP contribution in [0.5, 0.6) is 0 Å². The summed E-state index contributed by atoms with van der Waals surface area (Å²) in [6.45, 7) is 7.27. The number of sulfonamides is 1. The topological polar surface area (TPSA) is 73.8 Å². The van der Waals surface area contributed by atoms with Crippen molar-refractivity contribution in [1.82, 2.24) is 14.9 Å². The van der Waals surface area contributed by atoms with Crippen molar-refractivity contribution in [2.75, 3.05) is 26.2 Å². The molecule has 8 heteroatoms. The molecule has 0 atom stereocenters. The zero-order valence-electron chi connectivity index (χ0n) is 15.7. The molecule has 0 spiro atoms. The van der Waals surface area contributed by atoms with Gasteiger partial charge in [0.05, 0.1) is 11.4 Å². The van der Waals surface area contributed by atoms with Gasteiger partial charge in [0.1, 0.15) is 0 Å². The van der Waals surface area contributed by atoms with E-state index in [1.807, 2.05) is 19.1 Å². The molecule has 1 aromatic rings. The molecule has 1 heterocycles. The van der Waals surface area contributed by atoms with Gasteiger partial charge in [-0.1, -0.05) is 31.5 Å². The Labute approximate surface area is 174 Å². The van der Waals surface area contributed by atoms with E-state index < -0.39 is 10.0 Å². The van der Waals surface area contributed by atoms with Crippen LogP contribution in [0.15, 0.2) is 34.2 Å². The maximum atomic E-state index is 13.0. The monoisotopic (exact) mass is 494 g/mol. The Morgan fingerprint density at radius 3 is 2.46 bits per heavy atom. The van der Waals surface area contributed by atoms with Crippen LogP contribution in [0.1, 0.15) is 45.1 Å². The number of rotatable bonds is 7. The molecule has 1 saturated heterocycles. The first-order valence-corrected chi connectivity index (χ1v) is 10.6. The molecule has 0 saturated carbocycles. The molecule has 0 unspecified atom stereocenters. The summed E-state index contributed by atoms with van der Waals surface area (Å²) in [5.74, 6) is 0.717. The Morgan fingerprint density at radius 1 is 1.12 bits per heavy atom. The third-order valence-corrected chi connectivity index (χ3v) is 6.20. The maximum Gasteiger partial charge on any atom is 0.243 e. The number of nitrogens with one attached hydrogen (secondary N) is 2. The van der Waals surface area contributed by atoms with Crippen LogP contribution < -0.4 is 10.6 Å². The molecular formula is C18H31IN4O2S. The predicted octanol–water partition coefficient (Wildman–Crippen LogP) is 2.94. The number of hydrogen-bond donors (Lipinski definition) is 2. The van der Waals surface area contributed by atoms with Crippen molar-refractivity contribution in [3.63, 3.8) is 0 Å². The molecule has 0 amide bonds. The second-order valence-corrected chi connectivity index (χ2v) is 8.10. The van der Waals surface area contributed by atoms with E-state index in [1.54, 1.807) is 16.4 Å². The zero-order valence-corrected chi connectivity index (χ0v) is 18.8. The molecule has 26 heavy (non-hydrogen) atoms. The Morgan fingerprint density at radius 2 is 1.81 bits per heavy atom. The summed E-state index contributed by atoms with van der Waals surface area (Å²) >= 11 is 0. The first kappa shape index (κ1) is 23.2. The first-order valence-electron chi connectivity index (χ1n) is 9.19. The molecular weight excluding hydrogens is 463 g/mol. The Hall–Kier alpha value is -0.870. The second kappa shape index (κ2) is 11.8. The van der Waals surface area contributed by atoms with Gasteiger partial charge in [-0.2, -0.15) is 4.31 Å². The number of nitrogens with zero attached hydrogens (tertiary/aromatic N) is 2. The van der Waals surface area contributed by atoms with Crippen molar-refractivity contribution in [3.8, 4) is 0 Å². The molecule has 2 N–H and O–H groups in total. The molecule has 2 rings (SSSR count). The van der Waals surface area contributed by atoms with E-state index in [1.165, 1.54) is 0 Å². The summed E-state index contributed by atoms with van der Waals surface area (Å²) in [5.41, 5.74) is 0.738. The van der Waals surface area contributed by atoms with Crippen LogP contribution in [-0.4, -0.2) is 44.9 Å². The van der Waals surface area contributed by atoms with E-state index in [2.05, 4.69) is 22.5 Å². The Balaban J connectivity index is 0.00000338. The molecule has 1 aliphatic heterocycles. The van der Waals surface area contributed by atoms with Crippen LogP contribution in [0, 0.1) is 0 Å². The smallest absolute Gasteiger partial charge is 0.243 e. The van der Waals surface area contributed by atoms with E-state index >= 15 is 0 Å². The van der Waals surface area contributed by atoms with Gasteiger partial charge in [-0.05, 0) is 37.8 Å². The van der Waals surface area contributed by atoms with Crippen molar-refractivity contribution < 1.29 is 8.42 Å². The fourth-order valence-electron chi connectivity index (χ4n) is 2.88. The fourth-order valence-corrected chi connectivity index (χ4v) is 4.61. The van der Waals surface area contributed by atoms with E-state index in [0.717, 1.165) is 50.3 Å². The van der Waals surface area contributed by atoms with Gasteiger partial charge in [0, 0.05) is 26.2 Å². The van der Waals surface area contributed by atoms with Crippen molar-refractivity contribution in [2.45, 2.75) is 51.0 Å². The summed E-state index contributed by atoms with van der Waals surface area (Å²) in [4.78, 5) is 4.93. The molecule has 0 radical (unpaired) electrons. The van der Waals surface area contributed by atoms with Gasteiger partial charge in [-0.3, -0.25) is 0 Å². The zero-order chi connectivity index (χ0) is 18.1. The van der Waals surface area contributed by atoms with Crippen molar-refractivity contribution in [1.29, 1.82) is 0 Å². The molecule has 1 aliphatic rings. The highest BCUT2D eigenvalue weighted by molar-refractivity contribution is 14.0. The van der Waals surface area contributed by atoms with Crippen molar-refractivity contribution >= 4 is 40.0 Å². The minimum Gasteiger partial charge on any atom is -0.357 e. The minimum absolute atomic E-state index is 0. The number of benzene rings is 1. The Kier molecular flexibility index (Phi) is 10.5. The lowest BCUT2D eigenvalue weighted by molar-refractivity contribution is 0.346. The molecule has 0 aliphatic carbocycles. The van der Waals surface area contributed by atoms with E-state index in [-0.39, 0.29) is 24.0 Å². The number of piperidine rings is 1. The van der Waals surface area contributed by atoms with Crippen LogP contribution in [0.25, 0.3) is 0 Å². The maximum absolute atomic E-state index is 13.0. The molecule has 6 nitrogen and oxygen atoms in total. The van der Waals surface area contributed by atoms with Gasteiger partial charge in [0.15, 0.2) is 5.96 Å². The summed E-state index contributed by atoms with van der Waals surface area (Å²) < 4.78 is 27.6. The van der Waals surface area contributed by atoms with Gasteiger partial charge >= 0.3 is 0 Å². The molecule has 0 aromatic heterocycles. The van der Waals surface area contributed by atoms with Crippen LogP contribution in [0.4, 0.5) is 0 Å². The molecule has 1 fully saturated rings. The lowest BCUT2D eigenvalue weighted by Crippen LogP contribution is -2.37. The normalized spacial score (nSPS) is 16.0. The lowest BCUT2D eigenvalue weighted by Gasteiger charge is -2.26. The summed E-state index contributed by atoms with van der Waals surface area (Å²) in [5, 5.41) is 6.43. The molecule has 0 bridgehead atoms. The Bertz CT molecular complexity index is 674. The summed E-state index contributed by atoms with van der Waals surface area (Å²) in [6.07, 6.45) is 3.98. The highest BCUT2D eigenvalue weighted by Crippen LogP contribution is 2.24. The predicted molar refractivity (Wildman–Crippen MR) is 118 cm³/mol. The van der Waals surface area contributed by atoms with Crippen LogP contribution >= 0.6 is 24.0 Å². The number of halogens is 1. The fraction of sp³-hybridized carbons (Fsp3) is 0.611. The quantitative estimate of drug-likeness (QED) is 0.348. The van der Waals surface area contributed by atoms with Crippen LogP contribution in [-0.2, 0) is 16.6 Å². The number of aliphatic imine (C=N–C) groups is 1. The largest absolute Gasteiger partial charge is 0.357 e. The average molecular weight is 494 g/mol. The highest BCUT2D eigenvalue weighted by atomic mass is 127. The van der Waals surface area contributed by atoms with Crippen LogP contribution in [0.3, 0.4) is 0 Å². The van der Waals surface area contributed by atoms with Crippen LogP contribution in [0.2, 0.25) is 0 Å². The van der Waals surface area contributed by atoms with Crippen molar-refractivity contribution in [2.24, 2.45) is 4.99 Å². The lowest BCUT2D eigenvalue weighted by atomic mass is 10.2. The highest BCUT2D eigenvalue weighted by Gasteiger charge is 2.27. The number of hydrogen-bond acceptors (Lipinski definition) is 3. The molecule has 1 aromatic carbocycles. The second-order valence-electron chi connectivity index (χ2n) is 6.19. The number of guanidine groups is 1. The van der Waals surface area contributed by atoms with Gasteiger partial charge in [0.25, 0.3) is 0 Å². The van der Waals surface area contributed by atoms with E-state index in [4.69, 9.17) is 0 Å². The minimum atomic E-state index is -3.45. The van der Waals surface area contributed by atoms with Crippen molar-refractivity contribution in [3.05, 3.63) is 29.8 Å².